The molecule has 1 N–H and O–H groups in total. The molecule has 1 nitrogen and oxygen atoms in total. The largest absolute Gasteiger partial charge is 0.392 e. The second-order valence-corrected chi connectivity index (χ2v) is 4.80. The fourth-order valence-electron chi connectivity index (χ4n) is 1.62. The van der Waals surface area contributed by atoms with E-state index in [1.165, 1.54) is 12.1 Å². The second-order valence-electron chi connectivity index (χ2n) is 3.89. The number of rotatable bonds is 3. The molecular weight excluding hydrogens is 247 g/mol. The van der Waals surface area contributed by atoms with Crippen LogP contribution in [0.15, 0.2) is 22.7 Å². The normalized spacial score (nSPS) is 18.2. The Morgan fingerprint density at radius 3 is 2.71 bits per heavy atom. The standard InChI is InChI=1S/C11H12BrFO/c12-9-3-7(4-10(13)6-9)5-11(14)8-1-2-8/h3-4,6,8,11,14H,1-2,5H2. The van der Waals surface area contributed by atoms with Crippen LogP contribution in [0.4, 0.5) is 4.39 Å². The molecule has 2 rings (SSSR count). The Bertz CT molecular complexity index is 316. The third-order valence-corrected chi connectivity index (χ3v) is 2.99. The average molecular weight is 259 g/mol. The third-order valence-electron chi connectivity index (χ3n) is 2.53. The molecule has 1 fully saturated rings. The fraction of sp³-hybridized carbons (Fsp3) is 0.455. The molecule has 1 saturated carbocycles. The maximum atomic E-state index is 13.0. The first kappa shape index (κ1) is 10.1. The third kappa shape index (κ3) is 2.55. The van der Waals surface area contributed by atoms with Crippen LogP contribution >= 0.6 is 15.9 Å². The predicted molar refractivity (Wildman–Crippen MR) is 56.5 cm³/mol. The highest BCUT2D eigenvalue weighted by molar-refractivity contribution is 9.10. The lowest BCUT2D eigenvalue weighted by Crippen LogP contribution is -2.12. The molecule has 1 unspecified atom stereocenters. The predicted octanol–water partition coefficient (Wildman–Crippen LogP) is 2.90. The first-order valence-electron chi connectivity index (χ1n) is 4.78. The van der Waals surface area contributed by atoms with E-state index in [0.717, 1.165) is 22.9 Å². The minimum atomic E-state index is -0.302. The topological polar surface area (TPSA) is 20.2 Å². The summed E-state index contributed by atoms with van der Waals surface area (Å²) >= 11 is 3.23. The number of aliphatic hydroxyl groups excluding tert-OH is 1. The fourth-order valence-corrected chi connectivity index (χ4v) is 2.13. The zero-order chi connectivity index (χ0) is 10.1. The van der Waals surface area contributed by atoms with Gasteiger partial charge in [-0.3, -0.25) is 0 Å². The number of halogens is 2. The number of aliphatic hydroxyl groups is 1. The Kier molecular flexibility index (Phi) is 2.88. The summed E-state index contributed by atoms with van der Waals surface area (Å²) in [6.07, 6.45) is 2.47. The van der Waals surface area contributed by atoms with Crippen LogP contribution in [0, 0.1) is 11.7 Å². The molecule has 0 bridgehead atoms. The first-order valence-corrected chi connectivity index (χ1v) is 5.57. The maximum Gasteiger partial charge on any atom is 0.124 e. The van der Waals surface area contributed by atoms with Gasteiger partial charge in [-0.2, -0.15) is 0 Å². The zero-order valence-corrected chi connectivity index (χ0v) is 9.30. The Hall–Kier alpha value is -0.410. The molecule has 1 atom stereocenters. The molecule has 0 aromatic heterocycles. The van der Waals surface area contributed by atoms with E-state index in [9.17, 15) is 9.50 Å². The van der Waals surface area contributed by atoms with Crippen LogP contribution in [-0.4, -0.2) is 11.2 Å². The van der Waals surface area contributed by atoms with Crippen molar-refractivity contribution in [3.63, 3.8) is 0 Å². The minimum Gasteiger partial charge on any atom is -0.392 e. The van der Waals surface area contributed by atoms with Crippen molar-refractivity contribution in [2.75, 3.05) is 0 Å². The summed E-state index contributed by atoms with van der Waals surface area (Å²) < 4.78 is 13.7. The Morgan fingerprint density at radius 1 is 1.43 bits per heavy atom. The molecule has 1 aromatic carbocycles. The minimum absolute atomic E-state index is 0.252. The lowest BCUT2D eigenvalue weighted by Gasteiger charge is -2.09. The summed E-state index contributed by atoms with van der Waals surface area (Å²) in [6, 6.07) is 4.76. The number of hydrogen-bond donors (Lipinski definition) is 1. The lowest BCUT2D eigenvalue weighted by molar-refractivity contribution is 0.151. The van der Waals surface area contributed by atoms with Gasteiger partial charge in [-0.15, -0.1) is 0 Å². The van der Waals surface area contributed by atoms with Crippen LogP contribution in [0.1, 0.15) is 18.4 Å². The van der Waals surface area contributed by atoms with Crippen molar-refractivity contribution in [1.29, 1.82) is 0 Å². The SMILES string of the molecule is OC(Cc1cc(F)cc(Br)c1)C1CC1. The Balaban J connectivity index is 2.07. The van der Waals surface area contributed by atoms with Crippen molar-refractivity contribution in [2.45, 2.75) is 25.4 Å². The van der Waals surface area contributed by atoms with Gasteiger partial charge in [-0.05, 0) is 48.9 Å². The van der Waals surface area contributed by atoms with Gasteiger partial charge in [0.15, 0.2) is 0 Å². The summed E-state index contributed by atoms with van der Waals surface area (Å²) in [5, 5.41) is 9.69. The molecule has 0 radical (unpaired) electrons. The van der Waals surface area contributed by atoms with Gasteiger partial charge >= 0.3 is 0 Å². The van der Waals surface area contributed by atoms with Crippen molar-refractivity contribution < 1.29 is 9.50 Å². The molecule has 0 spiro atoms. The van der Waals surface area contributed by atoms with E-state index in [4.69, 9.17) is 0 Å². The summed E-state index contributed by atoms with van der Waals surface area (Å²) in [7, 11) is 0. The van der Waals surface area contributed by atoms with Crippen LogP contribution in [-0.2, 0) is 6.42 Å². The molecule has 3 heteroatoms. The molecule has 14 heavy (non-hydrogen) atoms. The molecule has 0 aliphatic heterocycles. The van der Waals surface area contributed by atoms with Crippen LogP contribution < -0.4 is 0 Å². The molecule has 1 aliphatic carbocycles. The first-order chi connectivity index (χ1) is 6.65. The van der Waals surface area contributed by atoms with Gasteiger partial charge in [0.1, 0.15) is 5.82 Å². The van der Waals surface area contributed by atoms with Crippen LogP contribution in [0.25, 0.3) is 0 Å². The summed E-state index contributed by atoms with van der Waals surface area (Å²) in [6.45, 7) is 0. The van der Waals surface area contributed by atoms with Gasteiger partial charge < -0.3 is 5.11 Å². The average Bonchev–Trinajstić information content (AvgIpc) is 2.82. The van der Waals surface area contributed by atoms with E-state index in [1.807, 2.05) is 6.07 Å². The lowest BCUT2D eigenvalue weighted by atomic mass is 10.0. The Morgan fingerprint density at radius 2 is 2.14 bits per heavy atom. The smallest absolute Gasteiger partial charge is 0.124 e. The molecule has 0 heterocycles. The van der Waals surface area contributed by atoms with Gasteiger partial charge in [0.25, 0.3) is 0 Å². The van der Waals surface area contributed by atoms with Crippen molar-refractivity contribution in [1.82, 2.24) is 0 Å². The van der Waals surface area contributed by atoms with E-state index >= 15 is 0 Å². The molecule has 1 aromatic rings. The van der Waals surface area contributed by atoms with Gasteiger partial charge in [-0.25, -0.2) is 4.39 Å². The summed E-state index contributed by atoms with van der Waals surface area (Å²) in [5.74, 6) is 0.189. The quantitative estimate of drug-likeness (QED) is 0.884. The number of hydrogen-bond acceptors (Lipinski definition) is 1. The van der Waals surface area contributed by atoms with E-state index in [2.05, 4.69) is 15.9 Å². The van der Waals surface area contributed by atoms with Gasteiger partial charge in [0, 0.05) is 4.47 Å². The molecule has 0 amide bonds. The van der Waals surface area contributed by atoms with Gasteiger partial charge in [0.2, 0.25) is 0 Å². The maximum absolute atomic E-state index is 13.0. The van der Waals surface area contributed by atoms with Crippen LogP contribution in [0.3, 0.4) is 0 Å². The molecular formula is C11H12BrFO. The van der Waals surface area contributed by atoms with E-state index in [-0.39, 0.29) is 11.9 Å². The van der Waals surface area contributed by atoms with Gasteiger partial charge in [0.05, 0.1) is 6.10 Å². The highest BCUT2D eigenvalue weighted by Crippen LogP contribution is 2.34. The number of benzene rings is 1. The zero-order valence-electron chi connectivity index (χ0n) is 7.71. The van der Waals surface area contributed by atoms with E-state index in [0.29, 0.717) is 12.3 Å². The summed E-state index contributed by atoms with van der Waals surface area (Å²) in [5.41, 5.74) is 0.858. The van der Waals surface area contributed by atoms with Crippen LogP contribution in [0.5, 0.6) is 0 Å². The van der Waals surface area contributed by atoms with Crippen molar-refractivity contribution >= 4 is 15.9 Å². The van der Waals surface area contributed by atoms with Gasteiger partial charge in [-0.1, -0.05) is 15.9 Å². The van der Waals surface area contributed by atoms with Crippen molar-refractivity contribution in [3.8, 4) is 0 Å². The molecule has 1 aliphatic rings. The highest BCUT2D eigenvalue weighted by atomic mass is 79.9. The van der Waals surface area contributed by atoms with E-state index < -0.39 is 0 Å². The van der Waals surface area contributed by atoms with E-state index in [1.54, 1.807) is 0 Å². The van der Waals surface area contributed by atoms with Crippen molar-refractivity contribution in [3.05, 3.63) is 34.1 Å². The molecule has 0 saturated heterocycles. The van der Waals surface area contributed by atoms with Crippen LogP contribution in [0.2, 0.25) is 0 Å². The summed E-state index contributed by atoms with van der Waals surface area (Å²) in [4.78, 5) is 0. The monoisotopic (exact) mass is 258 g/mol. The molecule has 76 valence electrons. The Labute approximate surface area is 91.1 Å². The van der Waals surface area contributed by atoms with Crippen molar-refractivity contribution in [2.24, 2.45) is 5.92 Å². The second kappa shape index (κ2) is 3.99. The highest BCUT2D eigenvalue weighted by Gasteiger charge is 2.29.